The number of aromatic carboxylic acids is 3. The molecule has 5 N–H and O–H groups in total. The number of aliphatic hydroxyl groups is 1. The van der Waals surface area contributed by atoms with Gasteiger partial charge in [-0.1, -0.05) is 289 Å². The Morgan fingerprint density at radius 3 is 1.60 bits per heavy atom. The Hall–Kier alpha value is -9.51. The van der Waals surface area contributed by atoms with E-state index >= 15 is 0 Å². The number of nitrogens with zero attached hydrogens (tertiary/aromatic N) is 1. The molecule has 109 heavy (non-hydrogen) atoms. The summed E-state index contributed by atoms with van der Waals surface area (Å²) in [5, 5.41) is 46.8. The fourth-order valence-corrected chi connectivity index (χ4v) is 14.8. The number of aliphatic hydroxyl groups excluding tert-OH is 1. The molecule has 2 radical (unpaired) electrons. The zero-order chi connectivity index (χ0) is 81.7. The minimum Gasteiger partial charge on any atom is -0.478 e. The Morgan fingerprint density at radius 1 is 0.550 bits per heavy atom. The number of hydrogen-bond acceptors (Lipinski definition) is 6. The van der Waals surface area contributed by atoms with Gasteiger partial charge in [-0.2, -0.15) is 0 Å². The van der Waals surface area contributed by atoms with Crippen LogP contribution in [0.2, 0.25) is 5.02 Å². The van der Waals surface area contributed by atoms with E-state index in [1.807, 2.05) is 54.6 Å². The third-order valence-electron chi connectivity index (χ3n) is 21.5. The van der Waals surface area contributed by atoms with Gasteiger partial charge in [-0.05, 0) is 258 Å². The molecule has 7 aromatic rings. The second-order valence-electron chi connectivity index (χ2n) is 32.7. The molecule has 10 nitrogen and oxygen atoms in total. The molecule has 4 aliphatic rings. The largest absolute Gasteiger partial charge is 0.478 e. The predicted octanol–water partition coefficient (Wildman–Crippen LogP) is 27.2. The second kappa shape index (κ2) is 38.2. The van der Waals surface area contributed by atoms with E-state index in [2.05, 4.69) is 223 Å². The van der Waals surface area contributed by atoms with Gasteiger partial charge < -0.3 is 30.2 Å². The lowest BCUT2D eigenvalue weighted by molar-refractivity contribution is -0.131. The van der Waals surface area contributed by atoms with Gasteiger partial charge in [0.1, 0.15) is 0 Å². The first-order valence-corrected chi connectivity index (χ1v) is 37.9. The quantitative estimate of drug-likeness (QED) is 0.0207. The number of aliphatic carboxylic acids is 1. The van der Waals surface area contributed by atoms with Crippen molar-refractivity contribution >= 4 is 87.9 Å². The molecule has 0 fully saturated rings. The van der Waals surface area contributed by atoms with Gasteiger partial charge in [0, 0.05) is 21.2 Å². The molecule has 4 aliphatic carbocycles. The Bertz CT molecular complexity index is 4760. The molecule has 0 amide bonds. The van der Waals surface area contributed by atoms with Gasteiger partial charge in [-0.15, -0.1) is 0 Å². The Balaban J connectivity index is 0.00000147. The number of carbonyl (C=O) groups is 4. The number of carboxylic acid groups (broad SMARTS) is 4. The fraction of sp³-hybridized carbons (Fsp3) is 0.333. The molecule has 1 unspecified atom stereocenters. The van der Waals surface area contributed by atoms with Gasteiger partial charge in [-0.3, -0.25) is 0 Å². The van der Waals surface area contributed by atoms with Gasteiger partial charge in [0.15, 0.2) is 0 Å². The SMILES string of the molecule is C.C/C(=C\c1ccc(C(=O)O)cc1)c1ccc2c(c1)C(C)(C)CCC2(C)C.CC1(C)CC=C(c2ccccc2)c2cc(/C=C/c3ccc(C(=O)O)cc3Cl)ccc21.CC1(C)CCC(C)(C)c2cc(C(O)/C=C/c3ccc(C(=O)O)cc3)ccc21.CC1=C(/C=C/C(C)=C\C=C\C(C)=C\C(=O)O)C(C)(C)CCC1.[3H][3H].[B]N=P.[HH].[HH].[HH].[HH].[HH]. The first-order chi connectivity index (χ1) is 51.7. The summed E-state index contributed by atoms with van der Waals surface area (Å²) in [5.74, 6) is -3.73. The molecule has 7 aromatic carbocycles. The van der Waals surface area contributed by atoms with Crippen LogP contribution in [0.1, 0.15) is 289 Å². The van der Waals surface area contributed by atoms with E-state index in [9.17, 15) is 24.3 Å². The van der Waals surface area contributed by atoms with Crippen molar-refractivity contribution in [3.63, 3.8) is 0 Å². The highest BCUT2D eigenvalue weighted by Crippen LogP contribution is 2.49. The maximum absolute atomic E-state index is 11.1. The van der Waals surface area contributed by atoms with Crippen molar-refractivity contribution in [2.75, 3.05) is 0 Å². The van der Waals surface area contributed by atoms with Crippen LogP contribution in [0.15, 0.2) is 227 Å². The maximum atomic E-state index is 11.1. The number of carboxylic acids is 4. The average Bonchev–Trinajstić information content (AvgIpc) is 0.764. The van der Waals surface area contributed by atoms with Crippen molar-refractivity contribution < 1.29 is 54.8 Å². The lowest BCUT2D eigenvalue weighted by Gasteiger charge is -2.42. The smallest absolute Gasteiger partial charge is 0.335 e. The van der Waals surface area contributed by atoms with E-state index in [1.165, 1.54) is 117 Å². The summed E-state index contributed by atoms with van der Waals surface area (Å²) in [6.07, 6.45) is 32.0. The normalized spacial score (nSPS) is 17.4. The molecule has 13 heteroatoms. The molecule has 0 aliphatic heterocycles. The molecule has 0 saturated carbocycles. The summed E-state index contributed by atoms with van der Waals surface area (Å²) < 4.78 is 12.8. The van der Waals surface area contributed by atoms with Crippen LogP contribution in [0.25, 0.3) is 35.5 Å². The first kappa shape index (κ1) is 86.7. The Labute approximate surface area is 668 Å². The maximum Gasteiger partial charge on any atom is 0.335 e. The van der Waals surface area contributed by atoms with E-state index in [0.717, 1.165) is 51.8 Å². The van der Waals surface area contributed by atoms with Crippen LogP contribution in [-0.2, 0) is 31.9 Å². The Kier molecular flexibility index (Phi) is 30.4. The van der Waals surface area contributed by atoms with Gasteiger partial charge in [0.25, 0.3) is 7.98 Å². The molecule has 1 atom stereocenters. The summed E-state index contributed by atoms with van der Waals surface area (Å²) in [5.41, 5.74) is 24.4. The van der Waals surface area contributed by atoms with Gasteiger partial charge in [-0.25, -0.2) is 19.2 Å². The number of hydrogen-bond donors (Lipinski definition) is 5. The summed E-state index contributed by atoms with van der Waals surface area (Å²) in [6, 6.07) is 48.7. The molecule has 11 rings (SSSR count). The molecule has 0 spiro atoms. The van der Waals surface area contributed by atoms with E-state index in [0.29, 0.717) is 10.6 Å². The molecule has 0 heterocycles. The molecule has 0 saturated heterocycles. The summed E-state index contributed by atoms with van der Waals surface area (Å²) >= 11 is 6.27. The first-order valence-electron chi connectivity index (χ1n) is 38.0. The van der Waals surface area contributed by atoms with E-state index in [-0.39, 0.29) is 58.2 Å². The summed E-state index contributed by atoms with van der Waals surface area (Å²) in [7, 11) is 6.97. The van der Waals surface area contributed by atoms with Crippen LogP contribution < -0.4 is 0 Å². The molecule has 582 valence electrons. The predicted molar refractivity (Wildman–Crippen MR) is 472 cm³/mol. The average molecular weight is 1520 g/mol. The highest BCUT2D eigenvalue weighted by atomic mass is 35.5. The molecule has 0 bridgehead atoms. The van der Waals surface area contributed by atoms with Crippen molar-refractivity contribution in [1.82, 2.24) is 0 Å². The van der Waals surface area contributed by atoms with Crippen molar-refractivity contribution in [2.24, 2.45) is 10.1 Å². The fourth-order valence-electron chi connectivity index (χ4n) is 14.5. The number of rotatable bonds is 16. The van der Waals surface area contributed by atoms with Gasteiger partial charge in [0.05, 0.1) is 22.8 Å². The summed E-state index contributed by atoms with van der Waals surface area (Å²) in [4.78, 5) is 43.5. The van der Waals surface area contributed by atoms with Crippen molar-refractivity contribution in [3.8, 4) is 0 Å². The van der Waals surface area contributed by atoms with E-state index < -0.39 is 30.0 Å². The van der Waals surface area contributed by atoms with Crippen LogP contribution in [0.3, 0.4) is 0 Å². The Morgan fingerprint density at radius 2 is 1.06 bits per heavy atom. The molecule has 0 aromatic heterocycles. The van der Waals surface area contributed by atoms with Crippen LogP contribution >= 0.6 is 20.6 Å². The molecular formula is C96H124BClNO9P. The monoisotopic (exact) mass is 1520 g/mol. The van der Waals surface area contributed by atoms with Crippen molar-refractivity contribution in [1.29, 1.82) is 0 Å². The lowest BCUT2D eigenvalue weighted by Crippen LogP contribution is -2.33. The number of fused-ring (bicyclic) bond motifs is 3. The van der Waals surface area contributed by atoms with Crippen LogP contribution in [0.4, 0.5) is 0 Å². The third-order valence-corrected chi connectivity index (χ3v) is 21.8. The van der Waals surface area contributed by atoms with Crippen LogP contribution in [-0.4, -0.2) is 57.4 Å². The van der Waals surface area contributed by atoms with Crippen molar-refractivity contribution in [2.45, 2.75) is 203 Å². The highest BCUT2D eigenvalue weighted by Gasteiger charge is 2.39. The van der Waals surface area contributed by atoms with E-state index in [1.54, 1.807) is 67.6 Å². The highest BCUT2D eigenvalue weighted by molar-refractivity contribution is 7.05. The minimum absolute atomic E-state index is 0. The second-order valence-corrected chi connectivity index (χ2v) is 33.4. The van der Waals surface area contributed by atoms with Crippen molar-refractivity contribution in [3.05, 3.63) is 317 Å². The minimum atomic E-state index is -0.982. The van der Waals surface area contributed by atoms with Crippen LogP contribution in [0, 0.1) is 5.41 Å². The zero-order valence-corrected chi connectivity index (χ0v) is 67.6. The van der Waals surface area contributed by atoms with Gasteiger partial charge >= 0.3 is 23.9 Å². The lowest BCUT2D eigenvalue weighted by atomic mass is 9.63. The van der Waals surface area contributed by atoms with Gasteiger partial charge in [0.2, 0.25) is 0 Å². The number of halogens is 1. The number of benzene rings is 7. The third kappa shape index (κ3) is 24.2. The number of allylic oxidation sites excluding steroid dienone is 11. The topological polar surface area (TPSA) is 182 Å². The molecular weight excluding hydrogens is 1390 g/mol. The zero-order valence-electron chi connectivity index (χ0n) is 67.9. The summed E-state index contributed by atoms with van der Waals surface area (Å²) in [6.45, 7) is 35.9. The van der Waals surface area contributed by atoms with E-state index in [4.69, 9.17) is 35.0 Å². The standard InChI is InChI=1S/C27H23ClO2.C24H28O3.C24H28O2.C20H28O2.CH4.BHNP.6H2/c1-27(2)15-14-22(19-6-4-3-5-7-19)23-16-18(9-13-24(23)27)8-10-20-11-12-21(26(29)30)17-25(20)28;1-23(2)13-14-24(3,4)20-15-18(10-11-19(20)23)21(25)12-7-16-5-8-17(9-6-16)22(26)27;1-16(14-17-6-8-18(9-7-17)22(25)26)19-10-11-20-21(15-19)24(4,5)13-12-23(20,2)3;1-15(8-6-9-16(2)14-19(21)22)11-12-18-17(3)10-7-13-20(18,4)5;;1-2-3;;;;;;/h3-14,16-17H,15H2,1-2H3,(H,29,30);5-12,15,21,25H,13-14H2,1-4H3,(H,26,27);6-11,14-15H,12-13H2,1-5H3,(H,25,26);6,8-9,11-12,14H,7,10,13H2,1-5H3,(H,21,22);1H4;3H;6*1H/b10-8+;12-7+;16-14+;9-6+,12-11+,15-8-,16-14+;;;;;;;;/i;;;;;;1+2T;;;;;. The van der Waals surface area contributed by atoms with Crippen LogP contribution in [0.5, 0.6) is 0 Å².